The van der Waals surface area contributed by atoms with Crippen LogP contribution in [0.15, 0.2) is 39.5 Å². The van der Waals surface area contributed by atoms with Gasteiger partial charge in [-0.2, -0.15) is 5.10 Å². The molecule has 0 bridgehead atoms. The number of carboxylic acids is 1. The number of para-hydroxylation sites is 1. The van der Waals surface area contributed by atoms with Gasteiger partial charge in [0.05, 0.1) is 11.9 Å². The van der Waals surface area contributed by atoms with Crippen LogP contribution < -0.4 is 0 Å². The Hall–Kier alpha value is -1.14. The predicted octanol–water partition coefficient (Wildman–Crippen LogP) is 3.10. The first-order valence-electron chi connectivity index (χ1n) is 4.33. The molecule has 0 saturated carbocycles. The summed E-state index contributed by atoms with van der Waals surface area (Å²) in [6, 6.07) is 7.44. The van der Waals surface area contributed by atoms with Gasteiger partial charge in [-0.15, -0.1) is 0 Å². The maximum Gasteiger partial charge on any atom is 0.340 e. The number of rotatable bonds is 2. The zero-order valence-electron chi connectivity index (χ0n) is 7.89. The van der Waals surface area contributed by atoms with Gasteiger partial charge in [-0.25, -0.2) is 9.48 Å². The SMILES string of the molecule is O=C(O)c1cnn(-c2ccccc2Br)c1Br. The van der Waals surface area contributed by atoms with E-state index < -0.39 is 5.97 Å². The first-order valence-corrected chi connectivity index (χ1v) is 5.91. The Balaban J connectivity index is 2.58. The van der Waals surface area contributed by atoms with Crippen molar-refractivity contribution in [3.8, 4) is 5.69 Å². The second-order valence-corrected chi connectivity index (χ2v) is 4.62. The van der Waals surface area contributed by atoms with Crippen LogP contribution in [-0.4, -0.2) is 20.9 Å². The number of aromatic carboxylic acids is 1. The van der Waals surface area contributed by atoms with E-state index in [2.05, 4.69) is 37.0 Å². The number of hydrogen-bond acceptors (Lipinski definition) is 2. The summed E-state index contributed by atoms with van der Waals surface area (Å²) in [5, 5.41) is 12.9. The summed E-state index contributed by atoms with van der Waals surface area (Å²) in [5.74, 6) is -1.01. The molecule has 0 unspecified atom stereocenters. The van der Waals surface area contributed by atoms with Crippen LogP contribution in [0.1, 0.15) is 10.4 Å². The van der Waals surface area contributed by atoms with E-state index in [1.54, 1.807) is 0 Å². The van der Waals surface area contributed by atoms with Crippen molar-refractivity contribution >= 4 is 37.8 Å². The third-order valence-electron chi connectivity index (χ3n) is 2.02. The summed E-state index contributed by atoms with van der Waals surface area (Å²) in [6.07, 6.45) is 1.31. The van der Waals surface area contributed by atoms with Gasteiger partial charge in [0.1, 0.15) is 10.2 Å². The van der Waals surface area contributed by atoms with Crippen molar-refractivity contribution in [3.63, 3.8) is 0 Å². The lowest BCUT2D eigenvalue weighted by molar-refractivity contribution is 0.0696. The molecule has 1 aromatic carbocycles. The van der Waals surface area contributed by atoms with Gasteiger partial charge in [0.15, 0.2) is 0 Å². The molecule has 0 fully saturated rings. The Labute approximate surface area is 108 Å². The first-order chi connectivity index (χ1) is 7.61. The van der Waals surface area contributed by atoms with Crippen LogP contribution >= 0.6 is 31.9 Å². The Morgan fingerprint density at radius 3 is 2.56 bits per heavy atom. The fourth-order valence-corrected chi connectivity index (χ4v) is 2.28. The maximum atomic E-state index is 10.9. The molecule has 2 aromatic rings. The predicted molar refractivity (Wildman–Crippen MR) is 65.9 cm³/mol. The summed E-state index contributed by atoms with van der Waals surface area (Å²) in [4.78, 5) is 10.9. The molecule has 2 rings (SSSR count). The van der Waals surface area contributed by atoms with Crippen LogP contribution in [-0.2, 0) is 0 Å². The van der Waals surface area contributed by atoms with Gasteiger partial charge in [0, 0.05) is 4.47 Å². The first kappa shape index (κ1) is 11.3. The number of carbonyl (C=O) groups is 1. The molecule has 4 nitrogen and oxygen atoms in total. The standard InChI is InChI=1S/C10H6Br2N2O2/c11-7-3-1-2-4-8(7)14-9(12)6(5-13-14)10(15)16/h1-5H,(H,15,16). The molecule has 0 radical (unpaired) electrons. The maximum absolute atomic E-state index is 10.9. The molecular formula is C10H6Br2N2O2. The highest BCUT2D eigenvalue weighted by atomic mass is 79.9. The third kappa shape index (κ3) is 1.90. The minimum Gasteiger partial charge on any atom is -0.478 e. The molecule has 0 amide bonds. The highest BCUT2D eigenvalue weighted by Gasteiger charge is 2.16. The monoisotopic (exact) mass is 344 g/mol. The van der Waals surface area contributed by atoms with Crippen molar-refractivity contribution in [1.82, 2.24) is 9.78 Å². The zero-order chi connectivity index (χ0) is 11.7. The number of hydrogen-bond donors (Lipinski definition) is 1. The molecule has 6 heteroatoms. The van der Waals surface area contributed by atoms with Gasteiger partial charge in [0.25, 0.3) is 0 Å². The molecule has 1 aromatic heterocycles. The molecule has 0 atom stereocenters. The molecular weight excluding hydrogens is 340 g/mol. The number of aromatic nitrogens is 2. The zero-order valence-corrected chi connectivity index (χ0v) is 11.1. The summed E-state index contributed by atoms with van der Waals surface area (Å²) in [5.41, 5.74) is 0.914. The summed E-state index contributed by atoms with van der Waals surface area (Å²) < 4.78 is 2.79. The van der Waals surface area contributed by atoms with Crippen molar-refractivity contribution in [1.29, 1.82) is 0 Å². The van der Waals surface area contributed by atoms with Crippen LogP contribution in [0.2, 0.25) is 0 Å². The molecule has 0 saturated heterocycles. The van der Waals surface area contributed by atoms with E-state index in [1.165, 1.54) is 10.9 Å². The Kier molecular flexibility index (Phi) is 3.11. The molecule has 16 heavy (non-hydrogen) atoms. The minimum atomic E-state index is -1.01. The highest BCUT2D eigenvalue weighted by Crippen LogP contribution is 2.25. The average Bonchev–Trinajstić information content (AvgIpc) is 2.61. The molecule has 1 heterocycles. The molecule has 0 aliphatic carbocycles. The van der Waals surface area contributed by atoms with Crippen molar-refractivity contribution in [3.05, 3.63) is 45.1 Å². The third-order valence-corrected chi connectivity index (χ3v) is 3.46. The van der Waals surface area contributed by atoms with Crippen molar-refractivity contribution in [2.45, 2.75) is 0 Å². The molecule has 1 N–H and O–H groups in total. The summed E-state index contributed by atoms with van der Waals surface area (Å²) in [6.45, 7) is 0. The van der Waals surface area contributed by atoms with Crippen LogP contribution in [0.25, 0.3) is 5.69 Å². The van der Waals surface area contributed by atoms with Crippen molar-refractivity contribution < 1.29 is 9.90 Å². The Bertz CT molecular complexity index is 552. The number of carboxylic acid groups (broad SMARTS) is 1. The fraction of sp³-hybridized carbons (Fsp3) is 0. The van der Waals surface area contributed by atoms with E-state index in [4.69, 9.17) is 5.11 Å². The van der Waals surface area contributed by atoms with Gasteiger partial charge >= 0.3 is 5.97 Å². The second-order valence-electron chi connectivity index (χ2n) is 3.02. The van der Waals surface area contributed by atoms with Crippen LogP contribution in [0.5, 0.6) is 0 Å². The smallest absolute Gasteiger partial charge is 0.340 e. The van der Waals surface area contributed by atoms with Crippen LogP contribution in [0, 0.1) is 0 Å². The molecule has 0 spiro atoms. The van der Waals surface area contributed by atoms with Gasteiger partial charge < -0.3 is 5.11 Å². The van der Waals surface area contributed by atoms with E-state index in [0.717, 1.165) is 10.2 Å². The quantitative estimate of drug-likeness (QED) is 0.909. The minimum absolute atomic E-state index is 0.135. The van der Waals surface area contributed by atoms with E-state index in [-0.39, 0.29) is 5.56 Å². The lowest BCUT2D eigenvalue weighted by Crippen LogP contribution is -2.00. The topological polar surface area (TPSA) is 55.1 Å². The Morgan fingerprint density at radius 2 is 2.00 bits per heavy atom. The molecule has 0 aliphatic rings. The lowest BCUT2D eigenvalue weighted by Gasteiger charge is -2.05. The van der Waals surface area contributed by atoms with E-state index in [1.807, 2.05) is 24.3 Å². The van der Waals surface area contributed by atoms with Crippen molar-refractivity contribution in [2.75, 3.05) is 0 Å². The van der Waals surface area contributed by atoms with E-state index in [9.17, 15) is 4.79 Å². The Morgan fingerprint density at radius 1 is 1.31 bits per heavy atom. The average molecular weight is 346 g/mol. The normalized spacial score (nSPS) is 10.4. The van der Waals surface area contributed by atoms with E-state index in [0.29, 0.717) is 4.60 Å². The molecule has 0 aliphatic heterocycles. The van der Waals surface area contributed by atoms with Gasteiger partial charge in [-0.05, 0) is 44.0 Å². The number of nitrogens with zero attached hydrogens (tertiary/aromatic N) is 2. The summed E-state index contributed by atoms with van der Waals surface area (Å²) >= 11 is 6.61. The fourth-order valence-electron chi connectivity index (χ4n) is 1.27. The van der Waals surface area contributed by atoms with Crippen LogP contribution in [0.3, 0.4) is 0 Å². The lowest BCUT2D eigenvalue weighted by atomic mass is 10.3. The number of benzene rings is 1. The van der Waals surface area contributed by atoms with Gasteiger partial charge in [0.2, 0.25) is 0 Å². The van der Waals surface area contributed by atoms with Crippen LogP contribution in [0.4, 0.5) is 0 Å². The number of halogens is 2. The van der Waals surface area contributed by atoms with Gasteiger partial charge in [-0.3, -0.25) is 0 Å². The largest absolute Gasteiger partial charge is 0.478 e. The van der Waals surface area contributed by atoms with E-state index >= 15 is 0 Å². The van der Waals surface area contributed by atoms with Crippen molar-refractivity contribution in [2.24, 2.45) is 0 Å². The second kappa shape index (κ2) is 4.39. The highest BCUT2D eigenvalue weighted by molar-refractivity contribution is 9.11. The summed E-state index contributed by atoms with van der Waals surface area (Å²) in [7, 11) is 0. The van der Waals surface area contributed by atoms with Gasteiger partial charge in [-0.1, -0.05) is 12.1 Å². The molecule has 82 valence electrons.